The van der Waals surface area contributed by atoms with Crippen molar-refractivity contribution in [1.82, 2.24) is 25.1 Å². The summed E-state index contributed by atoms with van der Waals surface area (Å²) < 4.78 is 34.8. The molecule has 0 radical (unpaired) electrons. The molecule has 0 amide bonds. The van der Waals surface area contributed by atoms with Crippen LogP contribution in [0.15, 0.2) is 47.3 Å². The minimum absolute atomic E-state index is 0.115. The summed E-state index contributed by atoms with van der Waals surface area (Å²) in [5.74, 6) is -1.13. The fraction of sp³-hybridized carbons (Fsp3) is 0.357. The van der Waals surface area contributed by atoms with Crippen LogP contribution in [0.5, 0.6) is 0 Å². The third-order valence-electron chi connectivity index (χ3n) is 8.97. The standard InChI is InChI=1S/C28H22F2N6O/c1-15(10-31)8-16-13-37-25(33-16)21-11-32-12-22(34-21)28-7-6-27(14-26(27,28)2)17-9-20(35-36-24(17)28)23-18(29)4-3-5-19(23)30/h3-5,9,11-13,15H,6-8,14H2,1-2H3/t15-,26?,27?,28+/m1/s1. The van der Waals surface area contributed by atoms with Crippen LogP contribution in [0, 0.1) is 34.3 Å². The van der Waals surface area contributed by atoms with Crippen LogP contribution in [-0.4, -0.2) is 25.1 Å². The van der Waals surface area contributed by atoms with E-state index < -0.39 is 17.0 Å². The number of nitrogens with zero attached hydrogens (tertiary/aromatic N) is 6. The maximum atomic E-state index is 14.5. The first-order valence-corrected chi connectivity index (χ1v) is 12.3. The lowest BCUT2D eigenvalue weighted by Gasteiger charge is -2.35. The Morgan fingerprint density at radius 3 is 2.68 bits per heavy atom. The van der Waals surface area contributed by atoms with Crippen molar-refractivity contribution in [2.75, 3.05) is 0 Å². The van der Waals surface area contributed by atoms with Crippen molar-refractivity contribution in [2.45, 2.75) is 50.4 Å². The van der Waals surface area contributed by atoms with Gasteiger partial charge in [-0.3, -0.25) is 4.98 Å². The van der Waals surface area contributed by atoms with Crippen LogP contribution in [0.2, 0.25) is 0 Å². The first kappa shape index (κ1) is 22.2. The zero-order chi connectivity index (χ0) is 25.6. The van der Waals surface area contributed by atoms with Crippen LogP contribution in [0.1, 0.15) is 55.8 Å². The molecule has 0 aliphatic heterocycles. The zero-order valence-electron chi connectivity index (χ0n) is 20.3. The average Bonchev–Trinajstić information content (AvgIpc) is 3.16. The summed E-state index contributed by atoms with van der Waals surface area (Å²) in [6.07, 6.45) is 8.15. The predicted octanol–water partition coefficient (Wildman–Crippen LogP) is 5.31. The number of benzene rings is 1. The zero-order valence-corrected chi connectivity index (χ0v) is 20.3. The summed E-state index contributed by atoms with van der Waals surface area (Å²) in [5, 5.41) is 18.0. The van der Waals surface area contributed by atoms with E-state index in [2.05, 4.69) is 33.2 Å². The van der Waals surface area contributed by atoms with E-state index in [-0.39, 0.29) is 28.0 Å². The molecule has 3 aromatic heterocycles. The Balaban J connectivity index is 1.33. The smallest absolute Gasteiger partial charge is 0.246 e. The lowest BCUT2D eigenvalue weighted by atomic mass is 9.69. The summed E-state index contributed by atoms with van der Waals surface area (Å²) >= 11 is 0. The maximum Gasteiger partial charge on any atom is 0.246 e. The number of oxazole rings is 1. The molecule has 0 saturated heterocycles. The van der Waals surface area contributed by atoms with E-state index >= 15 is 0 Å². The Kier molecular flexibility index (Phi) is 4.34. The molecule has 2 saturated carbocycles. The van der Waals surface area contributed by atoms with Gasteiger partial charge in [0.1, 0.15) is 23.6 Å². The minimum atomic E-state index is -0.656. The largest absolute Gasteiger partial charge is 0.443 e. The van der Waals surface area contributed by atoms with Gasteiger partial charge in [0.25, 0.3) is 0 Å². The van der Waals surface area contributed by atoms with Gasteiger partial charge in [-0.05, 0) is 55.4 Å². The minimum Gasteiger partial charge on any atom is -0.443 e. The quantitative estimate of drug-likeness (QED) is 0.369. The van der Waals surface area contributed by atoms with E-state index in [1.807, 2.05) is 13.0 Å². The molecule has 184 valence electrons. The topological polar surface area (TPSA) is 101 Å². The van der Waals surface area contributed by atoms with Gasteiger partial charge in [-0.15, -0.1) is 5.10 Å². The molecule has 37 heavy (non-hydrogen) atoms. The van der Waals surface area contributed by atoms with Crippen LogP contribution in [-0.2, 0) is 17.3 Å². The van der Waals surface area contributed by atoms with E-state index in [9.17, 15) is 8.78 Å². The van der Waals surface area contributed by atoms with E-state index in [0.29, 0.717) is 23.7 Å². The van der Waals surface area contributed by atoms with Gasteiger partial charge in [-0.1, -0.05) is 13.0 Å². The molecule has 7 rings (SSSR count). The van der Waals surface area contributed by atoms with Crippen LogP contribution < -0.4 is 0 Å². The second-order valence-corrected chi connectivity index (χ2v) is 10.8. The van der Waals surface area contributed by atoms with Gasteiger partial charge < -0.3 is 4.42 Å². The Hall–Kier alpha value is -4.06. The maximum absolute atomic E-state index is 14.5. The summed E-state index contributed by atoms with van der Waals surface area (Å²) in [6, 6.07) is 7.84. The molecule has 4 atom stereocenters. The highest BCUT2D eigenvalue weighted by Gasteiger charge is 2.84. The van der Waals surface area contributed by atoms with Crippen LogP contribution >= 0.6 is 0 Å². The molecule has 9 heteroatoms. The highest BCUT2D eigenvalue weighted by atomic mass is 19.1. The monoisotopic (exact) mass is 496 g/mol. The number of aromatic nitrogens is 5. The fourth-order valence-corrected chi connectivity index (χ4v) is 7.09. The van der Waals surface area contributed by atoms with Gasteiger partial charge in [0.2, 0.25) is 5.89 Å². The Morgan fingerprint density at radius 1 is 1.11 bits per heavy atom. The van der Waals surface area contributed by atoms with Crippen molar-refractivity contribution >= 4 is 0 Å². The van der Waals surface area contributed by atoms with Crippen molar-refractivity contribution in [2.24, 2.45) is 11.3 Å². The number of nitriles is 1. The highest BCUT2D eigenvalue weighted by molar-refractivity contribution is 5.68. The Labute approximate surface area is 211 Å². The van der Waals surface area contributed by atoms with Gasteiger partial charge in [0, 0.05) is 24.0 Å². The first-order chi connectivity index (χ1) is 17.8. The van der Waals surface area contributed by atoms with E-state index in [1.54, 1.807) is 18.7 Å². The van der Waals surface area contributed by atoms with Gasteiger partial charge in [0.05, 0.1) is 46.0 Å². The second kappa shape index (κ2) is 7.25. The van der Waals surface area contributed by atoms with Crippen LogP contribution in [0.4, 0.5) is 8.78 Å². The number of hydrogen-bond donors (Lipinski definition) is 0. The lowest BCUT2D eigenvalue weighted by molar-refractivity contribution is 0.333. The van der Waals surface area contributed by atoms with Crippen molar-refractivity contribution in [3.05, 3.63) is 77.2 Å². The predicted molar refractivity (Wildman–Crippen MR) is 128 cm³/mol. The molecule has 2 bridgehead atoms. The van der Waals surface area contributed by atoms with Gasteiger partial charge >= 0.3 is 0 Å². The second-order valence-electron chi connectivity index (χ2n) is 10.8. The van der Waals surface area contributed by atoms with E-state index in [1.165, 1.54) is 18.2 Å². The number of halogens is 2. The number of rotatable bonds is 5. The van der Waals surface area contributed by atoms with Gasteiger partial charge in [0.15, 0.2) is 0 Å². The Morgan fingerprint density at radius 2 is 1.92 bits per heavy atom. The van der Waals surface area contributed by atoms with Crippen molar-refractivity contribution in [3.63, 3.8) is 0 Å². The summed E-state index contributed by atoms with van der Waals surface area (Å²) in [7, 11) is 0. The SMILES string of the molecule is C[C@@H](C#N)Cc1coc(-c2cncc([C@]34CCC5(CC53C)c3cc(-c5c(F)cccc5F)nnc34)n2)n1. The average molecular weight is 497 g/mol. The molecule has 2 unspecified atom stereocenters. The van der Waals surface area contributed by atoms with E-state index in [4.69, 9.17) is 14.7 Å². The third-order valence-corrected chi connectivity index (χ3v) is 8.97. The molecule has 7 nitrogen and oxygen atoms in total. The lowest BCUT2D eigenvalue weighted by Crippen LogP contribution is -2.35. The molecule has 2 fully saturated rings. The molecular formula is C28H22F2N6O. The first-order valence-electron chi connectivity index (χ1n) is 12.3. The molecule has 4 aromatic rings. The number of fused-ring (bicyclic) bond motifs is 2. The van der Waals surface area contributed by atoms with Crippen LogP contribution in [0.25, 0.3) is 22.8 Å². The molecule has 0 spiro atoms. The molecule has 0 N–H and O–H groups in total. The van der Waals surface area contributed by atoms with Crippen molar-refractivity contribution in [1.29, 1.82) is 5.26 Å². The fourth-order valence-electron chi connectivity index (χ4n) is 7.09. The molecule has 1 aromatic carbocycles. The van der Waals surface area contributed by atoms with Crippen molar-refractivity contribution < 1.29 is 13.2 Å². The summed E-state index contributed by atoms with van der Waals surface area (Å²) in [6.45, 7) is 4.08. The van der Waals surface area contributed by atoms with Gasteiger partial charge in [-0.25, -0.2) is 18.7 Å². The summed E-state index contributed by atoms with van der Waals surface area (Å²) in [5.41, 5.74) is 3.09. The molecule has 3 heterocycles. The van der Waals surface area contributed by atoms with Gasteiger partial charge in [-0.2, -0.15) is 10.4 Å². The molecule has 3 aliphatic carbocycles. The van der Waals surface area contributed by atoms with Crippen LogP contribution in [0.3, 0.4) is 0 Å². The van der Waals surface area contributed by atoms with E-state index in [0.717, 1.165) is 36.2 Å². The molecular weight excluding hydrogens is 474 g/mol. The third kappa shape index (κ3) is 2.70. The number of hydrogen-bond acceptors (Lipinski definition) is 7. The van der Waals surface area contributed by atoms with Crippen molar-refractivity contribution in [3.8, 4) is 28.9 Å². The Bertz CT molecular complexity index is 1620. The highest BCUT2D eigenvalue weighted by Crippen LogP contribution is 2.86. The summed E-state index contributed by atoms with van der Waals surface area (Å²) in [4.78, 5) is 14.0. The normalized spacial score (nSPS) is 27.4. The molecule has 3 aliphatic rings.